The molecule has 1 aromatic carbocycles. The average molecular weight is 289 g/mol. The number of amides is 1. The molecule has 0 radical (unpaired) electrons. The summed E-state index contributed by atoms with van der Waals surface area (Å²) in [4.78, 5) is 15.0. The summed E-state index contributed by atoms with van der Waals surface area (Å²) in [5, 5.41) is 9.73. The van der Waals surface area contributed by atoms with Crippen LogP contribution in [-0.2, 0) is 0 Å². The third kappa shape index (κ3) is 3.85. The van der Waals surface area contributed by atoms with E-state index in [0.29, 0.717) is 6.42 Å². The van der Waals surface area contributed by atoms with E-state index in [-0.39, 0.29) is 18.1 Å². The lowest BCUT2D eigenvalue weighted by molar-refractivity contribution is 0.0606. The smallest absolute Gasteiger partial charge is 0.254 e. The number of carbonyl (C=O) groups excluding carboxylic acids is 1. The number of benzene rings is 1. The fraction of sp³-hybridized carbons (Fsp3) is 0.611. The Morgan fingerprint density at radius 2 is 2.10 bits per heavy atom. The zero-order chi connectivity index (χ0) is 15.4. The highest BCUT2D eigenvalue weighted by Crippen LogP contribution is 2.24. The Morgan fingerprint density at radius 1 is 1.33 bits per heavy atom. The molecule has 1 fully saturated rings. The molecular formula is C18H27NO2. The molecule has 1 aliphatic rings. The van der Waals surface area contributed by atoms with Crippen molar-refractivity contribution in [3.05, 3.63) is 34.9 Å². The molecule has 0 saturated carbocycles. The van der Waals surface area contributed by atoms with Crippen LogP contribution in [0.4, 0.5) is 0 Å². The summed E-state index contributed by atoms with van der Waals surface area (Å²) < 4.78 is 0. The number of aliphatic hydroxyl groups excluding tert-OH is 1. The summed E-state index contributed by atoms with van der Waals surface area (Å²) in [6.45, 7) is 6.68. The first kappa shape index (κ1) is 16.0. The van der Waals surface area contributed by atoms with Crippen LogP contribution in [0.1, 0.15) is 60.5 Å². The van der Waals surface area contributed by atoms with Crippen molar-refractivity contribution in [2.24, 2.45) is 0 Å². The van der Waals surface area contributed by atoms with Crippen molar-refractivity contribution < 1.29 is 9.90 Å². The monoisotopic (exact) mass is 289 g/mol. The van der Waals surface area contributed by atoms with Crippen molar-refractivity contribution in [2.75, 3.05) is 6.54 Å². The van der Waals surface area contributed by atoms with Gasteiger partial charge in [0.2, 0.25) is 0 Å². The number of aryl methyl sites for hydroxylation is 1. The molecule has 3 nitrogen and oxygen atoms in total. The Morgan fingerprint density at radius 3 is 2.81 bits per heavy atom. The fourth-order valence-corrected chi connectivity index (χ4v) is 3.22. The number of hydrogen-bond donors (Lipinski definition) is 1. The van der Waals surface area contributed by atoms with Gasteiger partial charge in [-0.05, 0) is 57.2 Å². The van der Waals surface area contributed by atoms with Crippen LogP contribution in [0.2, 0.25) is 0 Å². The molecule has 2 rings (SSSR count). The minimum atomic E-state index is -0.359. The van der Waals surface area contributed by atoms with Gasteiger partial charge in [-0.15, -0.1) is 0 Å². The lowest BCUT2D eigenvalue weighted by atomic mass is 9.99. The Hall–Kier alpha value is -1.35. The Kier molecular flexibility index (Phi) is 5.40. The van der Waals surface area contributed by atoms with Crippen LogP contribution in [0.15, 0.2) is 18.2 Å². The van der Waals surface area contributed by atoms with Crippen molar-refractivity contribution in [3.63, 3.8) is 0 Å². The van der Waals surface area contributed by atoms with Crippen LogP contribution in [0.25, 0.3) is 0 Å². The van der Waals surface area contributed by atoms with E-state index < -0.39 is 0 Å². The predicted molar refractivity (Wildman–Crippen MR) is 85.5 cm³/mol. The topological polar surface area (TPSA) is 40.5 Å². The Balaban J connectivity index is 2.26. The number of carbonyl (C=O) groups is 1. The zero-order valence-electron chi connectivity index (χ0n) is 13.4. The Bertz CT molecular complexity index is 496. The summed E-state index contributed by atoms with van der Waals surface area (Å²) in [7, 11) is 0. The van der Waals surface area contributed by atoms with E-state index in [1.54, 1.807) is 0 Å². The van der Waals surface area contributed by atoms with Crippen LogP contribution >= 0.6 is 0 Å². The van der Waals surface area contributed by atoms with Crippen LogP contribution in [0.3, 0.4) is 0 Å². The van der Waals surface area contributed by atoms with Crippen molar-refractivity contribution in [2.45, 2.75) is 65.0 Å². The van der Waals surface area contributed by atoms with Crippen LogP contribution < -0.4 is 0 Å². The molecule has 2 unspecified atom stereocenters. The van der Waals surface area contributed by atoms with Crippen LogP contribution in [0, 0.1) is 13.8 Å². The summed E-state index contributed by atoms with van der Waals surface area (Å²) in [5.41, 5.74) is 3.04. The molecule has 1 heterocycles. The van der Waals surface area contributed by atoms with Gasteiger partial charge in [-0.2, -0.15) is 0 Å². The molecular weight excluding hydrogens is 262 g/mol. The van der Waals surface area contributed by atoms with Gasteiger partial charge in [-0.25, -0.2) is 0 Å². The van der Waals surface area contributed by atoms with E-state index >= 15 is 0 Å². The summed E-state index contributed by atoms with van der Waals surface area (Å²) in [6.07, 6.45) is 4.70. The number of likely N-dealkylation sites (tertiary alicyclic amines) is 1. The molecule has 116 valence electrons. The van der Waals surface area contributed by atoms with Crippen LogP contribution in [-0.4, -0.2) is 34.6 Å². The normalized spacial score (nSPS) is 21.0. The number of nitrogens with zero attached hydrogens (tertiary/aromatic N) is 1. The maximum atomic E-state index is 13.0. The van der Waals surface area contributed by atoms with Gasteiger partial charge in [0.05, 0.1) is 6.10 Å². The number of rotatable bonds is 3. The van der Waals surface area contributed by atoms with E-state index in [2.05, 4.69) is 0 Å². The van der Waals surface area contributed by atoms with Crippen LogP contribution in [0.5, 0.6) is 0 Å². The molecule has 1 aromatic rings. The van der Waals surface area contributed by atoms with E-state index in [9.17, 15) is 9.90 Å². The molecule has 1 aliphatic heterocycles. The van der Waals surface area contributed by atoms with Crippen molar-refractivity contribution in [3.8, 4) is 0 Å². The SMILES string of the molecule is Cc1cccc(C(=O)N2CCCCCC2CC(C)O)c1C. The summed E-state index contributed by atoms with van der Waals surface area (Å²) >= 11 is 0. The second-order valence-corrected chi connectivity index (χ2v) is 6.33. The molecule has 0 aromatic heterocycles. The third-order valence-corrected chi connectivity index (χ3v) is 4.59. The summed E-state index contributed by atoms with van der Waals surface area (Å²) in [6, 6.07) is 6.09. The minimum absolute atomic E-state index is 0.128. The largest absolute Gasteiger partial charge is 0.393 e. The van der Waals surface area contributed by atoms with Crippen molar-refractivity contribution >= 4 is 5.91 Å². The zero-order valence-corrected chi connectivity index (χ0v) is 13.4. The number of hydrogen-bond acceptors (Lipinski definition) is 2. The molecule has 0 spiro atoms. The van der Waals surface area contributed by atoms with Gasteiger partial charge in [-0.3, -0.25) is 4.79 Å². The lowest BCUT2D eigenvalue weighted by Crippen LogP contribution is -2.41. The van der Waals surface area contributed by atoms with Gasteiger partial charge in [0, 0.05) is 18.2 Å². The molecule has 1 N–H and O–H groups in total. The molecule has 21 heavy (non-hydrogen) atoms. The van der Waals surface area contributed by atoms with E-state index in [0.717, 1.165) is 42.5 Å². The quantitative estimate of drug-likeness (QED) is 0.925. The summed E-state index contributed by atoms with van der Waals surface area (Å²) in [5.74, 6) is 0.128. The van der Waals surface area contributed by atoms with Crippen molar-refractivity contribution in [1.82, 2.24) is 4.90 Å². The fourth-order valence-electron chi connectivity index (χ4n) is 3.22. The first-order chi connectivity index (χ1) is 10.0. The Labute approximate surface area is 128 Å². The van der Waals surface area contributed by atoms with E-state index in [1.165, 1.54) is 6.42 Å². The van der Waals surface area contributed by atoms with Crippen molar-refractivity contribution in [1.29, 1.82) is 0 Å². The highest BCUT2D eigenvalue weighted by molar-refractivity contribution is 5.96. The van der Waals surface area contributed by atoms with Gasteiger partial charge in [0.25, 0.3) is 5.91 Å². The molecule has 0 aliphatic carbocycles. The van der Waals surface area contributed by atoms with Gasteiger partial charge in [0.1, 0.15) is 0 Å². The molecule has 2 atom stereocenters. The molecule has 0 bridgehead atoms. The maximum absolute atomic E-state index is 13.0. The first-order valence-corrected chi connectivity index (χ1v) is 8.06. The van der Waals surface area contributed by atoms with Gasteiger partial charge in [-0.1, -0.05) is 25.0 Å². The first-order valence-electron chi connectivity index (χ1n) is 8.06. The average Bonchev–Trinajstić information content (AvgIpc) is 2.66. The third-order valence-electron chi connectivity index (χ3n) is 4.59. The highest BCUT2D eigenvalue weighted by Gasteiger charge is 2.28. The van der Waals surface area contributed by atoms with Gasteiger partial charge >= 0.3 is 0 Å². The second kappa shape index (κ2) is 7.08. The maximum Gasteiger partial charge on any atom is 0.254 e. The number of aliphatic hydroxyl groups is 1. The molecule has 3 heteroatoms. The molecule has 1 amide bonds. The standard InChI is InChI=1S/C18H27NO2/c1-13-8-7-10-17(15(13)3)18(21)19-11-6-4-5-9-16(19)12-14(2)20/h7-8,10,14,16,20H,4-6,9,11-12H2,1-3H3. The lowest BCUT2D eigenvalue weighted by Gasteiger charge is -2.31. The van der Waals surface area contributed by atoms with Gasteiger partial charge < -0.3 is 10.0 Å². The van der Waals surface area contributed by atoms with E-state index in [4.69, 9.17) is 0 Å². The molecule has 1 saturated heterocycles. The highest BCUT2D eigenvalue weighted by atomic mass is 16.3. The van der Waals surface area contributed by atoms with E-state index in [1.807, 2.05) is 43.9 Å². The second-order valence-electron chi connectivity index (χ2n) is 6.33. The minimum Gasteiger partial charge on any atom is -0.393 e. The van der Waals surface area contributed by atoms with Gasteiger partial charge in [0.15, 0.2) is 0 Å². The predicted octanol–water partition coefficient (Wildman–Crippen LogP) is 3.46.